The molecule has 1 aliphatic carbocycles. The van der Waals surface area contributed by atoms with E-state index >= 15 is 0 Å². The lowest BCUT2D eigenvalue weighted by Crippen LogP contribution is -2.49. The van der Waals surface area contributed by atoms with Crippen molar-refractivity contribution in [2.75, 3.05) is 25.4 Å². The van der Waals surface area contributed by atoms with Crippen LogP contribution in [0.3, 0.4) is 0 Å². The van der Waals surface area contributed by atoms with Crippen LogP contribution in [-0.2, 0) is 19.6 Å². The van der Waals surface area contributed by atoms with Gasteiger partial charge in [0.1, 0.15) is 5.75 Å². The van der Waals surface area contributed by atoms with Crippen LogP contribution < -0.4 is 4.72 Å². The van der Waals surface area contributed by atoms with Gasteiger partial charge < -0.3 is 9.64 Å². The summed E-state index contributed by atoms with van der Waals surface area (Å²) in [7, 11) is -3.55. The van der Waals surface area contributed by atoms with Gasteiger partial charge in [0.15, 0.2) is 0 Å². The van der Waals surface area contributed by atoms with Gasteiger partial charge in [-0.3, -0.25) is 4.79 Å². The third-order valence-electron chi connectivity index (χ3n) is 4.62. The molecular weight excluding hydrogens is 304 g/mol. The van der Waals surface area contributed by atoms with Crippen molar-refractivity contribution in [1.29, 1.82) is 0 Å². The van der Waals surface area contributed by atoms with E-state index in [2.05, 4.69) is 11.6 Å². The summed E-state index contributed by atoms with van der Waals surface area (Å²) in [5, 5.41) is 0. The molecule has 1 N–H and O–H groups in total. The first kappa shape index (κ1) is 17.7. The van der Waals surface area contributed by atoms with E-state index in [1.54, 1.807) is 4.90 Å². The van der Waals surface area contributed by atoms with Crippen LogP contribution in [0, 0.1) is 5.92 Å². The Morgan fingerprint density at radius 2 is 1.95 bits per heavy atom. The van der Waals surface area contributed by atoms with Crippen molar-refractivity contribution in [3.63, 3.8) is 0 Å². The topological polar surface area (TPSA) is 75.7 Å². The van der Waals surface area contributed by atoms with E-state index < -0.39 is 15.8 Å². The number of amides is 1. The van der Waals surface area contributed by atoms with Gasteiger partial charge in [-0.15, -0.1) is 0 Å². The largest absolute Gasteiger partial charge is 0.375 e. The quantitative estimate of drug-likeness (QED) is 0.819. The molecule has 0 unspecified atom stereocenters. The fraction of sp³-hybridized carbons (Fsp3) is 0.933. The number of ether oxygens (including phenoxy) is 1. The summed E-state index contributed by atoms with van der Waals surface area (Å²) in [4.78, 5) is 13.8. The van der Waals surface area contributed by atoms with Gasteiger partial charge in [0, 0.05) is 19.1 Å². The minimum atomic E-state index is -3.55. The van der Waals surface area contributed by atoms with Crippen molar-refractivity contribution in [2.24, 2.45) is 5.92 Å². The first-order valence-corrected chi connectivity index (χ1v) is 9.94. The Hall–Kier alpha value is -0.660. The molecule has 2 aliphatic rings. The van der Waals surface area contributed by atoms with E-state index in [0.29, 0.717) is 25.6 Å². The van der Waals surface area contributed by atoms with Crippen LogP contribution in [0.1, 0.15) is 46.0 Å². The molecule has 2 rings (SSSR count). The first-order valence-electron chi connectivity index (χ1n) is 8.29. The Morgan fingerprint density at radius 1 is 1.27 bits per heavy atom. The molecule has 0 aromatic heterocycles. The number of hydrogen-bond acceptors (Lipinski definition) is 4. The summed E-state index contributed by atoms with van der Waals surface area (Å²) in [6.45, 7) is 5.65. The lowest BCUT2D eigenvalue weighted by molar-refractivity contribution is -0.136. The maximum atomic E-state index is 12.2. The predicted octanol–water partition coefficient (Wildman–Crippen LogP) is 1.12. The Balaban J connectivity index is 1.84. The molecule has 0 aromatic carbocycles. The van der Waals surface area contributed by atoms with Crippen molar-refractivity contribution < 1.29 is 17.9 Å². The average Bonchev–Trinajstić information content (AvgIpc) is 2.49. The lowest BCUT2D eigenvalue weighted by Gasteiger charge is -2.32. The normalized spacial score (nSPS) is 30.3. The number of morpholine rings is 1. The van der Waals surface area contributed by atoms with Crippen LogP contribution in [0.15, 0.2) is 0 Å². The molecule has 1 saturated carbocycles. The third kappa shape index (κ3) is 5.21. The van der Waals surface area contributed by atoms with Gasteiger partial charge >= 0.3 is 0 Å². The Labute approximate surface area is 133 Å². The highest BCUT2D eigenvalue weighted by Gasteiger charge is 2.29. The number of carbonyl (C=O) groups excluding carboxylic acids is 1. The maximum absolute atomic E-state index is 12.2. The highest BCUT2D eigenvalue weighted by molar-refractivity contribution is 7.90. The van der Waals surface area contributed by atoms with Gasteiger partial charge in [-0.05, 0) is 38.0 Å². The molecule has 2 fully saturated rings. The molecule has 7 heteroatoms. The fourth-order valence-corrected chi connectivity index (χ4v) is 4.45. The second kappa shape index (κ2) is 7.75. The molecular formula is C15H28N2O4S. The zero-order valence-corrected chi connectivity index (χ0v) is 14.4. The van der Waals surface area contributed by atoms with E-state index in [0.717, 1.165) is 32.1 Å². The Morgan fingerprint density at radius 3 is 2.59 bits per heavy atom. The second-order valence-electron chi connectivity index (χ2n) is 6.57. The Kier molecular flexibility index (Phi) is 6.23. The number of nitrogens with one attached hydrogen (secondary N) is 1. The minimum Gasteiger partial charge on any atom is -0.375 e. The molecule has 6 nitrogen and oxygen atoms in total. The smallest absolute Gasteiger partial charge is 0.239 e. The SMILES string of the molecule is CC[C@@H]1CN(C(=O)CS(=O)(=O)NC2CCC(C)CC2)CCO1. The van der Waals surface area contributed by atoms with E-state index in [4.69, 9.17) is 4.74 Å². The summed E-state index contributed by atoms with van der Waals surface area (Å²) in [6.07, 6.45) is 4.67. The fourth-order valence-electron chi connectivity index (χ4n) is 3.12. The van der Waals surface area contributed by atoms with Gasteiger partial charge in [0.2, 0.25) is 15.9 Å². The van der Waals surface area contributed by atoms with Crippen molar-refractivity contribution in [3.05, 3.63) is 0 Å². The highest BCUT2D eigenvalue weighted by atomic mass is 32.2. The molecule has 1 amide bonds. The van der Waals surface area contributed by atoms with Gasteiger partial charge in [-0.2, -0.15) is 0 Å². The van der Waals surface area contributed by atoms with Crippen molar-refractivity contribution in [3.8, 4) is 0 Å². The van der Waals surface area contributed by atoms with E-state index in [1.165, 1.54) is 0 Å². The molecule has 0 radical (unpaired) electrons. The standard InChI is InChI=1S/C15H28N2O4S/c1-3-14-10-17(8-9-21-14)15(18)11-22(19,20)16-13-6-4-12(2)5-7-13/h12-14,16H,3-11H2,1-2H3/t12?,13?,14-/m1/s1. The molecule has 1 heterocycles. The summed E-state index contributed by atoms with van der Waals surface area (Å²) in [6, 6.07) is -0.0120. The first-order chi connectivity index (χ1) is 10.4. The summed E-state index contributed by atoms with van der Waals surface area (Å²) in [5.41, 5.74) is 0. The maximum Gasteiger partial charge on any atom is 0.239 e. The van der Waals surface area contributed by atoms with Crippen LogP contribution in [0.5, 0.6) is 0 Å². The van der Waals surface area contributed by atoms with Gasteiger partial charge in [-0.25, -0.2) is 13.1 Å². The van der Waals surface area contributed by atoms with Crippen LogP contribution in [0.25, 0.3) is 0 Å². The van der Waals surface area contributed by atoms with Crippen LogP contribution in [-0.4, -0.2) is 56.8 Å². The number of rotatable bonds is 5. The van der Waals surface area contributed by atoms with Crippen molar-refractivity contribution in [1.82, 2.24) is 9.62 Å². The molecule has 22 heavy (non-hydrogen) atoms. The van der Waals surface area contributed by atoms with Crippen molar-refractivity contribution >= 4 is 15.9 Å². The average molecular weight is 332 g/mol. The molecule has 1 atom stereocenters. The van der Waals surface area contributed by atoms with Crippen molar-refractivity contribution in [2.45, 2.75) is 58.1 Å². The van der Waals surface area contributed by atoms with E-state index in [1.807, 2.05) is 6.92 Å². The lowest BCUT2D eigenvalue weighted by atomic mass is 9.88. The number of hydrogen-bond donors (Lipinski definition) is 1. The third-order valence-corrected chi connectivity index (χ3v) is 5.94. The van der Waals surface area contributed by atoms with Gasteiger partial charge in [-0.1, -0.05) is 13.8 Å². The highest BCUT2D eigenvalue weighted by Crippen LogP contribution is 2.23. The zero-order chi connectivity index (χ0) is 16.2. The number of carbonyl (C=O) groups is 1. The summed E-state index contributed by atoms with van der Waals surface area (Å²) >= 11 is 0. The van der Waals surface area contributed by atoms with Crippen LogP contribution >= 0.6 is 0 Å². The molecule has 0 aromatic rings. The second-order valence-corrected chi connectivity index (χ2v) is 8.33. The van der Waals surface area contributed by atoms with Gasteiger partial charge in [0.25, 0.3) is 0 Å². The monoisotopic (exact) mass is 332 g/mol. The summed E-state index contributed by atoms with van der Waals surface area (Å²) in [5.74, 6) is -0.102. The molecule has 0 bridgehead atoms. The van der Waals surface area contributed by atoms with E-state index in [-0.39, 0.29) is 18.1 Å². The zero-order valence-electron chi connectivity index (χ0n) is 13.6. The summed E-state index contributed by atoms with van der Waals surface area (Å²) < 4.78 is 32.6. The number of nitrogens with zero attached hydrogens (tertiary/aromatic N) is 1. The Bertz CT molecular complexity index is 472. The van der Waals surface area contributed by atoms with Crippen LogP contribution in [0.2, 0.25) is 0 Å². The molecule has 1 aliphatic heterocycles. The molecule has 128 valence electrons. The molecule has 1 saturated heterocycles. The van der Waals surface area contributed by atoms with Gasteiger partial charge in [0.05, 0.1) is 12.7 Å². The van der Waals surface area contributed by atoms with Crippen LogP contribution in [0.4, 0.5) is 0 Å². The minimum absolute atomic E-state index is 0.0120. The number of sulfonamides is 1. The molecule has 0 spiro atoms. The predicted molar refractivity (Wildman–Crippen MR) is 85.0 cm³/mol. The van der Waals surface area contributed by atoms with E-state index in [9.17, 15) is 13.2 Å².